The van der Waals surface area contributed by atoms with Crippen LogP contribution in [0.4, 0.5) is 9.18 Å². The van der Waals surface area contributed by atoms with Crippen molar-refractivity contribution < 1.29 is 76.9 Å². The van der Waals surface area contributed by atoms with Crippen LogP contribution in [0.5, 0.6) is 0 Å². The number of nitrogens with one attached hydrogen (secondary N) is 1. The van der Waals surface area contributed by atoms with E-state index >= 15 is 4.79 Å². The Morgan fingerprint density at radius 2 is 1.56 bits per heavy atom. The second-order valence-electron chi connectivity index (χ2n) is 18.3. The topological polar surface area (TPSA) is 231 Å². The SMILES string of the molecule is CC(=O)O[C@H]1C(=O)[C@@]2(C)[C@H]([C@H](OC(=O)c3ccccc3)[C@]3(O)C[C@H](OC(=O)[C@H](O)[C@@H](NC(=O)OC(C)(C)C)c4ccc(F)cc4)C(C)=C1C3(C)C)[C@]1(OC(C)=O)CO[C@@H]1C[C@@H]2O. The number of hydrogen-bond acceptors (Lipinski definition) is 15. The number of amides is 1. The number of carbonyl (C=O) groups excluding carboxylic acids is 6. The Hall–Kier alpha value is -5.23. The van der Waals surface area contributed by atoms with Gasteiger partial charge in [-0.25, -0.2) is 18.8 Å². The van der Waals surface area contributed by atoms with Crippen molar-refractivity contribution in [3.8, 4) is 0 Å². The van der Waals surface area contributed by atoms with Crippen LogP contribution >= 0.6 is 0 Å². The highest BCUT2D eigenvalue weighted by atomic mass is 19.1. The third-order valence-corrected chi connectivity index (χ3v) is 12.9. The summed E-state index contributed by atoms with van der Waals surface area (Å²) in [6.07, 6.45) is -12.0. The van der Waals surface area contributed by atoms with Crippen molar-refractivity contribution in [3.63, 3.8) is 0 Å². The number of rotatable bonds is 9. The minimum atomic E-state index is -2.44. The van der Waals surface area contributed by atoms with Crippen LogP contribution in [0.2, 0.25) is 0 Å². The van der Waals surface area contributed by atoms with Gasteiger partial charge in [-0.3, -0.25) is 14.4 Å². The van der Waals surface area contributed by atoms with E-state index in [4.69, 9.17) is 28.4 Å². The van der Waals surface area contributed by atoms with Crippen LogP contribution in [-0.4, -0.2) is 111 Å². The number of esters is 4. The lowest BCUT2D eigenvalue weighted by Crippen LogP contribution is -2.82. The number of halogens is 1. The fraction of sp³-hybridized carbons (Fsp3) is 0.556. The van der Waals surface area contributed by atoms with Crippen LogP contribution in [0.25, 0.3) is 0 Å². The number of aliphatic hydroxyl groups excluding tert-OH is 2. The van der Waals surface area contributed by atoms with Gasteiger partial charge in [0.05, 0.1) is 35.6 Å². The number of aliphatic hydroxyl groups is 3. The molecule has 2 aromatic carbocycles. The van der Waals surface area contributed by atoms with Crippen molar-refractivity contribution in [2.75, 3.05) is 6.61 Å². The normalized spacial score (nSPS) is 32.2. The fourth-order valence-corrected chi connectivity index (χ4v) is 9.81. The molecule has 1 amide bonds. The quantitative estimate of drug-likeness (QED) is 0.159. The van der Waals surface area contributed by atoms with Gasteiger partial charge in [0.2, 0.25) is 0 Å². The second-order valence-corrected chi connectivity index (χ2v) is 18.3. The van der Waals surface area contributed by atoms with Crippen molar-refractivity contribution in [2.24, 2.45) is 16.7 Å². The number of alkyl carbamates (subject to hydrolysis) is 1. The summed E-state index contributed by atoms with van der Waals surface area (Å²) >= 11 is 0. The Morgan fingerprint density at radius 1 is 0.935 bits per heavy atom. The molecule has 6 rings (SSSR count). The van der Waals surface area contributed by atoms with E-state index in [1.54, 1.807) is 39.0 Å². The molecular formula is C45H54FNO15. The molecule has 1 aliphatic heterocycles. The summed E-state index contributed by atoms with van der Waals surface area (Å²) in [4.78, 5) is 82.8. The molecular weight excluding hydrogens is 813 g/mol. The monoisotopic (exact) mass is 867 g/mol. The van der Waals surface area contributed by atoms with E-state index in [1.807, 2.05) is 0 Å². The molecule has 3 aliphatic carbocycles. The maximum atomic E-state index is 15.5. The van der Waals surface area contributed by atoms with Crippen molar-refractivity contribution in [2.45, 2.75) is 135 Å². The molecule has 16 nitrogen and oxygen atoms in total. The molecule has 3 fully saturated rings. The van der Waals surface area contributed by atoms with Crippen LogP contribution in [0.15, 0.2) is 65.7 Å². The Balaban J connectivity index is 1.54. The number of carbonyl (C=O) groups is 6. The standard InChI is InChI=1S/C45H54FNO15/c1-22-28(59-39(54)33(51)32(25-15-17-27(46)18-16-25)47-40(55)62-41(4,5)6)20-45(56)37(60-38(53)26-13-11-10-12-14-26)35-43(9,29(50)19-30-44(35,21-57-30)61-24(3)49)36(52)34(58-23(2)48)31(22)42(45,7)8/h10-18,28-30,32-35,37,50-51,56H,19-21H2,1-9H3,(H,47,55)/t28-,29-,30+,32-,33+,34+,35-,37-,43+,44-,45+/m0/s1. The molecule has 11 atom stereocenters. The van der Waals surface area contributed by atoms with Crippen LogP contribution in [0.1, 0.15) is 97.1 Å². The largest absolute Gasteiger partial charge is 0.456 e. The van der Waals surface area contributed by atoms with E-state index < -0.39 is 124 Å². The Kier molecular flexibility index (Phi) is 12.3. The summed E-state index contributed by atoms with van der Waals surface area (Å²) in [5.74, 6) is -7.17. The van der Waals surface area contributed by atoms with E-state index in [-0.39, 0.29) is 35.3 Å². The number of fused-ring (bicyclic) bond motifs is 5. The van der Waals surface area contributed by atoms with Gasteiger partial charge in [0.1, 0.15) is 35.3 Å². The first-order chi connectivity index (χ1) is 28.8. The van der Waals surface area contributed by atoms with E-state index in [0.29, 0.717) is 0 Å². The summed E-state index contributed by atoms with van der Waals surface area (Å²) in [6.45, 7) is 12.5. The second kappa shape index (κ2) is 16.5. The van der Waals surface area contributed by atoms with E-state index in [2.05, 4.69) is 5.32 Å². The third kappa shape index (κ3) is 7.99. The first kappa shape index (κ1) is 46.3. The van der Waals surface area contributed by atoms with Crippen LogP contribution in [0, 0.1) is 22.6 Å². The summed E-state index contributed by atoms with van der Waals surface area (Å²) in [5, 5.41) is 39.8. The van der Waals surface area contributed by atoms with E-state index in [1.165, 1.54) is 52.0 Å². The first-order valence-electron chi connectivity index (χ1n) is 20.3. The highest BCUT2D eigenvalue weighted by Gasteiger charge is 2.78. The van der Waals surface area contributed by atoms with Crippen LogP contribution in [-0.2, 0) is 47.6 Å². The summed E-state index contributed by atoms with van der Waals surface area (Å²) in [7, 11) is 0. The Labute approximate surface area is 358 Å². The zero-order chi connectivity index (χ0) is 45.9. The molecule has 2 saturated carbocycles. The number of ketones is 1. The summed E-state index contributed by atoms with van der Waals surface area (Å²) in [6, 6.07) is 10.7. The summed E-state index contributed by atoms with van der Waals surface area (Å²) < 4.78 is 49.4. The molecule has 0 radical (unpaired) electrons. The van der Waals surface area contributed by atoms with Gasteiger partial charge in [0.25, 0.3) is 0 Å². The van der Waals surface area contributed by atoms with Gasteiger partial charge < -0.3 is 49.1 Å². The van der Waals surface area contributed by atoms with Gasteiger partial charge in [-0.05, 0) is 75.6 Å². The predicted octanol–water partition coefficient (Wildman–Crippen LogP) is 3.97. The first-order valence-corrected chi connectivity index (χ1v) is 20.3. The molecule has 4 N–H and O–H groups in total. The van der Waals surface area contributed by atoms with Crippen molar-refractivity contribution in [1.82, 2.24) is 5.32 Å². The fourth-order valence-electron chi connectivity index (χ4n) is 9.81. The molecule has 1 saturated heterocycles. The molecule has 4 aliphatic rings. The molecule has 2 bridgehead atoms. The lowest BCUT2D eigenvalue weighted by molar-refractivity contribution is -0.346. The third-order valence-electron chi connectivity index (χ3n) is 12.9. The molecule has 0 unspecified atom stereocenters. The zero-order valence-corrected chi connectivity index (χ0v) is 36.1. The Morgan fingerprint density at radius 3 is 2.11 bits per heavy atom. The van der Waals surface area contributed by atoms with E-state index in [0.717, 1.165) is 26.0 Å². The molecule has 62 heavy (non-hydrogen) atoms. The van der Waals surface area contributed by atoms with Gasteiger partial charge in [-0.1, -0.05) is 44.2 Å². The highest BCUT2D eigenvalue weighted by Crippen LogP contribution is 2.64. The number of Topliss-reactive ketones (excluding diaryl/α,β-unsaturated/α-hetero) is 1. The highest BCUT2D eigenvalue weighted by molar-refractivity contribution is 5.95. The summed E-state index contributed by atoms with van der Waals surface area (Å²) in [5.41, 5.74) is -8.85. The van der Waals surface area contributed by atoms with Gasteiger partial charge >= 0.3 is 30.0 Å². The maximum absolute atomic E-state index is 15.5. The van der Waals surface area contributed by atoms with Gasteiger partial charge in [0.15, 0.2) is 23.6 Å². The van der Waals surface area contributed by atoms with Gasteiger partial charge in [-0.2, -0.15) is 0 Å². The van der Waals surface area contributed by atoms with Crippen molar-refractivity contribution >= 4 is 35.8 Å². The predicted molar refractivity (Wildman–Crippen MR) is 213 cm³/mol. The number of ether oxygens (including phenoxy) is 6. The molecule has 1 heterocycles. The molecule has 0 aromatic heterocycles. The maximum Gasteiger partial charge on any atom is 0.408 e. The lowest BCUT2D eigenvalue weighted by atomic mass is 9.44. The number of benzene rings is 2. The minimum Gasteiger partial charge on any atom is -0.456 e. The van der Waals surface area contributed by atoms with Crippen LogP contribution in [0.3, 0.4) is 0 Å². The lowest BCUT2D eigenvalue weighted by Gasteiger charge is -2.67. The van der Waals surface area contributed by atoms with Crippen molar-refractivity contribution in [1.29, 1.82) is 0 Å². The molecule has 17 heteroatoms. The zero-order valence-electron chi connectivity index (χ0n) is 36.1. The van der Waals surface area contributed by atoms with Crippen LogP contribution < -0.4 is 5.32 Å². The van der Waals surface area contributed by atoms with Crippen molar-refractivity contribution in [3.05, 3.63) is 82.7 Å². The smallest absolute Gasteiger partial charge is 0.408 e. The minimum absolute atomic E-state index is 0.0410. The molecule has 2 aromatic rings. The van der Waals surface area contributed by atoms with Gasteiger partial charge in [-0.15, -0.1) is 0 Å². The number of hydrogen-bond donors (Lipinski definition) is 4. The average molecular weight is 868 g/mol. The molecule has 0 spiro atoms. The molecule has 336 valence electrons. The van der Waals surface area contributed by atoms with Gasteiger partial charge in [0, 0.05) is 32.1 Å². The Bertz CT molecular complexity index is 2150. The van der Waals surface area contributed by atoms with E-state index in [9.17, 15) is 43.7 Å². The average Bonchev–Trinajstić information content (AvgIpc) is 3.17.